The number of piperidine rings is 2. The molecule has 0 aromatic carbocycles. The molecule has 0 atom stereocenters. The molecule has 0 amide bonds. The molecule has 0 aromatic rings. The molecule has 4 saturated heterocycles. The molecule has 0 aliphatic carbocycles. The number of rotatable bonds is 2. The fourth-order valence-corrected chi connectivity index (χ4v) is 4.72. The fraction of sp³-hybridized carbons (Fsp3) is 1.00. The smallest absolute Gasteiger partial charge is 0.0217 e. The van der Waals surface area contributed by atoms with Gasteiger partial charge in [-0.1, -0.05) is 0 Å². The summed E-state index contributed by atoms with van der Waals surface area (Å²) < 4.78 is 0. The Morgan fingerprint density at radius 2 is 1.17 bits per heavy atom. The molecule has 0 aromatic heterocycles. The van der Waals surface area contributed by atoms with Crippen molar-refractivity contribution in [2.45, 2.75) is 77.4 Å². The highest BCUT2D eigenvalue weighted by Gasteiger charge is 2.40. The van der Waals surface area contributed by atoms with Gasteiger partial charge in [0, 0.05) is 43.8 Å². The van der Waals surface area contributed by atoms with E-state index in [4.69, 9.17) is 0 Å². The van der Waals surface area contributed by atoms with Gasteiger partial charge in [0.15, 0.2) is 0 Å². The first kappa shape index (κ1) is 18.6. The third-order valence-electron chi connectivity index (χ3n) is 7.18. The summed E-state index contributed by atoms with van der Waals surface area (Å²) in [5, 5.41) is 6.99. The highest BCUT2D eigenvalue weighted by molar-refractivity contribution is 5.00. The van der Waals surface area contributed by atoms with E-state index in [9.17, 15) is 0 Å². The van der Waals surface area contributed by atoms with Gasteiger partial charge in [0.2, 0.25) is 0 Å². The molecule has 4 heterocycles. The Bertz CT molecular complexity index is 340. The maximum atomic E-state index is 3.59. The third-order valence-corrected chi connectivity index (χ3v) is 7.18. The number of nitrogens with zero attached hydrogens (tertiary/aromatic N) is 2. The molecule has 2 N–H and O–H groups in total. The molecule has 24 heavy (non-hydrogen) atoms. The van der Waals surface area contributed by atoms with Crippen LogP contribution in [0.15, 0.2) is 0 Å². The zero-order chi connectivity index (χ0) is 17.2. The largest absolute Gasteiger partial charge is 0.316 e. The van der Waals surface area contributed by atoms with E-state index in [1.807, 2.05) is 0 Å². The Morgan fingerprint density at radius 1 is 0.708 bits per heavy atom. The molecule has 4 heteroatoms. The lowest BCUT2D eigenvalue weighted by Gasteiger charge is -2.49. The molecule has 4 aliphatic rings. The van der Waals surface area contributed by atoms with Crippen LogP contribution in [0.25, 0.3) is 0 Å². The van der Waals surface area contributed by atoms with E-state index in [0.717, 1.165) is 12.1 Å². The first-order valence-electron chi connectivity index (χ1n) is 10.4. The average molecular weight is 337 g/mol. The van der Waals surface area contributed by atoms with Crippen molar-refractivity contribution in [1.29, 1.82) is 0 Å². The number of hydrogen-bond donors (Lipinski definition) is 2. The van der Waals surface area contributed by atoms with Crippen LogP contribution in [0.5, 0.6) is 0 Å². The molecule has 0 saturated carbocycles. The van der Waals surface area contributed by atoms with Gasteiger partial charge in [-0.25, -0.2) is 0 Å². The molecule has 0 bridgehead atoms. The highest BCUT2D eigenvalue weighted by atomic mass is 15.2. The Balaban J connectivity index is 0.000000141. The zero-order valence-electron chi connectivity index (χ0n) is 16.5. The Hall–Kier alpha value is -0.160. The maximum Gasteiger partial charge on any atom is 0.0217 e. The first-order chi connectivity index (χ1) is 11.4. The van der Waals surface area contributed by atoms with Crippen LogP contribution in [0, 0.1) is 5.41 Å². The minimum atomic E-state index is 0.575. The summed E-state index contributed by atoms with van der Waals surface area (Å²) in [6.07, 6.45) is 6.98. The van der Waals surface area contributed by atoms with Gasteiger partial charge >= 0.3 is 0 Å². The molecule has 2 spiro atoms. The van der Waals surface area contributed by atoms with Crippen LogP contribution in [0.1, 0.15) is 59.8 Å². The number of hydrogen-bond acceptors (Lipinski definition) is 4. The van der Waals surface area contributed by atoms with Crippen molar-refractivity contribution in [2.24, 2.45) is 5.41 Å². The average Bonchev–Trinajstić information content (AvgIpc) is 2.52. The van der Waals surface area contributed by atoms with E-state index >= 15 is 0 Å². The SMILES string of the molecule is CC(C)N1CCC2(CC1)CNC2.CC(C)N1CCC2(CCN2)CC1. The lowest BCUT2D eigenvalue weighted by atomic mass is 9.73. The van der Waals surface area contributed by atoms with Crippen molar-refractivity contribution in [3.63, 3.8) is 0 Å². The van der Waals surface area contributed by atoms with Crippen molar-refractivity contribution in [3.05, 3.63) is 0 Å². The Kier molecular flexibility index (Phi) is 5.90. The molecule has 0 unspecified atom stereocenters. The van der Waals surface area contributed by atoms with Crippen LogP contribution >= 0.6 is 0 Å². The van der Waals surface area contributed by atoms with Gasteiger partial charge in [-0.2, -0.15) is 0 Å². The predicted molar refractivity (Wildman–Crippen MR) is 103 cm³/mol. The first-order valence-corrected chi connectivity index (χ1v) is 10.4. The normalized spacial score (nSPS) is 29.2. The molecule has 0 radical (unpaired) electrons. The van der Waals surface area contributed by atoms with Crippen molar-refractivity contribution >= 4 is 0 Å². The standard InChI is InChI=1S/2C10H20N2/c1-9(2)12-7-4-10(5-8-12)3-6-11-10;1-9(2)12-5-3-10(4-6-12)7-11-8-10/h2*9,11H,3-8H2,1-2H3. The molecule has 140 valence electrons. The van der Waals surface area contributed by atoms with E-state index in [0.29, 0.717) is 11.0 Å². The van der Waals surface area contributed by atoms with Crippen molar-refractivity contribution in [3.8, 4) is 0 Å². The quantitative estimate of drug-likeness (QED) is 0.810. The second-order valence-corrected chi connectivity index (χ2v) is 9.32. The lowest BCUT2D eigenvalue weighted by molar-refractivity contribution is 0.0418. The highest BCUT2D eigenvalue weighted by Crippen LogP contribution is 2.35. The van der Waals surface area contributed by atoms with E-state index in [1.54, 1.807) is 0 Å². The molecular formula is C20H40N4. The second kappa shape index (κ2) is 7.61. The summed E-state index contributed by atoms with van der Waals surface area (Å²) in [4.78, 5) is 5.19. The summed E-state index contributed by atoms with van der Waals surface area (Å²) in [7, 11) is 0. The minimum absolute atomic E-state index is 0.575. The van der Waals surface area contributed by atoms with Gasteiger partial charge in [0.05, 0.1) is 0 Å². The summed E-state index contributed by atoms with van der Waals surface area (Å²) in [5.74, 6) is 0. The van der Waals surface area contributed by atoms with E-state index in [-0.39, 0.29) is 0 Å². The monoisotopic (exact) mass is 336 g/mol. The molecule has 4 aliphatic heterocycles. The number of likely N-dealkylation sites (tertiary alicyclic amines) is 2. The number of nitrogens with one attached hydrogen (secondary N) is 2. The Labute approximate surface area is 149 Å². The van der Waals surface area contributed by atoms with Crippen LogP contribution < -0.4 is 10.6 Å². The topological polar surface area (TPSA) is 30.5 Å². The van der Waals surface area contributed by atoms with Gasteiger partial charge in [-0.15, -0.1) is 0 Å². The van der Waals surface area contributed by atoms with Crippen LogP contribution in [-0.4, -0.2) is 73.2 Å². The van der Waals surface area contributed by atoms with Gasteiger partial charge in [0.1, 0.15) is 0 Å². The molecule has 4 fully saturated rings. The summed E-state index contributed by atoms with van der Waals surface area (Å²) in [6, 6.07) is 1.48. The predicted octanol–water partition coefficient (Wildman–Crippen LogP) is 2.30. The third kappa shape index (κ3) is 4.14. The van der Waals surface area contributed by atoms with E-state index in [2.05, 4.69) is 48.1 Å². The van der Waals surface area contributed by atoms with Gasteiger partial charge in [-0.3, -0.25) is 0 Å². The van der Waals surface area contributed by atoms with Crippen molar-refractivity contribution < 1.29 is 0 Å². The van der Waals surface area contributed by atoms with Crippen molar-refractivity contribution in [2.75, 3.05) is 45.8 Å². The lowest BCUT2D eigenvalue weighted by Crippen LogP contribution is -2.62. The maximum absolute atomic E-state index is 3.59. The van der Waals surface area contributed by atoms with Crippen LogP contribution in [0.4, 0.5) is 0 Å². The molecular weight excluding hydrogens is 296 g/mol. The second-order valence-electron chi connectivity index (χ2n) is 9.32. The van der Waals surface area contributed by atoms with Crippen LogP contribution in [0.3, 0.4) is 0 Å². The van der Waals surface area contributed by atoms with Gasteiger partial charge < -0.3 is 20.4 Å². The molecule has 4 rings (SSSR count). The van der Waals surface area contributed by atoms with E-state index in [1.165, 1.54) is 77.9 Å². The van der Waals surface area contributed by atoms with Crippen LogP contribution in [-0.2, 0) is 0 Å². The van der Waals surface area contributed by atoms with Crippen molar-refractivity contribution in [1.82, 2.24) is 20.4 Å². The fourth-order valence-electron chi connectivity index (χ4n) is 4.72. The van der Waals surface area contributed by atoms with Gasteiger partial charge in [0.25, 0.3) is 0 Å². The summed E-state index contributed by atoms with van der Waals surface area (Å²) in [6.45, 7) is 18.2. The van der Waals surface area contributed by atoms with E-state index < -0.39 is 0 Å². The van der Waals surface area contributed by atoms with Crippen LogP contribution in [0.2, 0.25) is 0 Å². The minimum Gasteiger partial charge on any atom is -0.316 e. The summed E-state index contributed by atoms with van der Waals surface area (Å²) in [5.41, 5.74) is 1.29. The zero-order valence-corrected chi connectivity index (χ0v) is 16.5. The van der Waals surface area contributed by atoms with Gasteiger partial charge in [-0.05, 0) is 84.8 Å². The molecule has 4 nitrogen and oxygen atoms in total. The Morgan fingerprint density at radius 3 is 1.46 bits per heavy atom. The summed E-state index contributed by atoms with van der Waals surface area (Å²) >= 11 is 0.